The monoisotopic (exact) mass is 231 g/mol. The molecule has 0 bridgehead atoms. The summed E-state index contributed by atoms with van der Waals surface area (Å²) in [4.78, 5) is 0. The van der Waals surface area contributed by atoms with Gasteiger partial charge in [-0.25, -0.2) is 4.39 Å². The Bertz CT molecular complexity index is 297. The molecule has 1 rings (SSSR count). The average molecular weight is 232 g/mol. The standard InChI is InChI=1S/C9H11BrFN/c1-5(2)7-3-6(10)4-8(11)9(7)12/h3-5H,12H2,1-2H3. The summed E-state index contributed by atoms with van der Waals surface area (Å²) in [7, 11) is 0. The zero-order valence-electron chi connectivity index (χ0n) is 7.07. The minimum absolute atomic E-state index is 0.247. The van der Waals surface area contributed by atoms with Crippen LogP contribution in [0.2, 0.25) is 0 Å². The zero-order valence-corrected chi connectivity index (χ0v) is 8.65. The molecule has 0 amide bonds. The maximum absolute atomic E-state index is 13.0. The van der Waals surface area contributed by atoms with Crippen LogP contribution < -0.4 is 5.73 Å². The minimum atomic E-state index is -0.354. The third kappa shape index (κ3) is 1.78. The Labute approximate surface area is 79.9 Å². The van der Waals surface area contributed by atoms with Crippen LogP contribution in [0, 0.1) is 5.82 Å². The van der Waals surface area contributed by atoms with Gasteiger partial charge in [-0.05, 0) is 23.6 Å². The summed E-state index contributed by atoms with van der Waals surface area (Å²) in [5, 5.41) is 0. The van der Waals surface area contributed by atoms with Crippen LogP contribution in [0.1, 0.15) is 25.3 Å². The number of rotatable bonds is 1. The van der Waals surface area contributed by atoms with E-state index in [1.807, 2.05) is 19.9 Å². The molecular formula is C9H11BrFN. The first-order chi connectivity index (χ1) is 5.52. The molecular weight excluding hydrogens is 221 g/mol. The lowest BCUT2D eigenvalue weighted by Crippen LogP contribution is -1.99. The molecule has 0 aliphatic carbocycles. The van der Waals surface area contributed by atoms with Crippen molar-refractivity contribution in [2.45, 2.75) is 19.8 Å². The molecule has 0 radical (unpaired) electrons. The van der Waals surface area contributed by atoms with Crippen molar-refractivity contribution in [1.82, 2.24) is 0 Å². The predicted octanol–water partition coefficient (Wildman–Crippen LogP) is 3.29. The minimum Gasteiger partial charge on any atom is -0.396 e. The fraction of sp³-hybridized carbons (Fsp3) is 0.333. The van der Waals surface area contributed by atoms with Crippen LogP contribution in [-0.2, 0) is 0 Å². The van der Waals surface area contributed by atoms with Crippen LogP contribution in [-0.4, -0.2) is 0 Å². The van der Waals surface area contributed by atoms with E-state index in [1.54, 1.807) is 0 Å². The Balaban J connectivity index is 3.28. The highest BCUT2D eigenvalue weighted by molar-refractivity contribution is 9.10. The SMILES string of the molecule is CC(C)c1cc(Br)cc(F)c1N. The summed E-state index contributed by atoms with van der Waals surface area (Å²) in [5.74, 6) is -0.106. The lowest BCUT2D eigenvalue weighted by atomic mass is 10.0. The quantitative estimate of drug-likeness (QED) is 0.738. The van der Waals surface area contributed by atoms with Gasteiger partial charge in [-0.1, -0.05) is 29.8 Å². The first kappa shape index (κ1) is 9.52. The molecule has 2 N–H and O–H groups in total. The van der Waals surface area contributed by atoms with E-state index in [0.717, 1.165) is 10.0 Å². The molecule has 0 aliphatic heterocycles. The molecule has 66 valence electrons. The Morgan fingerprint density at radius 3 is 2.50 bits per heavy atom. The third-order valence-corrected chi connectivity index (χ3v) is 2.21. The van der Waals surface area contributed by atoms with Crippen molar-refractivity contribution in [2.24, 2.45) is 0 Å². The van der Waals surface area contributed by atoms with Crippen molar-refractivity contribution in [1.29, 1.82) is 0 Å². The molecule has 0 saturated carbocycles. The molecule has 1 aromatic carbocycles. The van der Waals surface area contributed by atoms with Gasteiger partial charge >= 0.3 is 0 Å². The summed E-state index contributed by atoms with van der Waals surface area (Å²) in [6.07, 6.45) is 0. The van der Waals surface area contributed by atoms with Gasteiger partial charge in [-0.15, -0.1) is 0 Å². The van der Waals surface area contributed by atoms with Crippen LogP contribution in [0.15, 0.2) is 16.6 Å². The molecule has 12 heavy (non-hydrogen) atoms. The Morgan fingerprint density at radius 2 is 2.00 bits per heavy atom. The molecule has 0 aromatic heterocycles. The van der Waals surface area contributed by atoms with Gasteiger partial charge in [0, 0.05) is 4.47 Å². The van der Waals surface area contributed by atoms with E-state index in [2.05, 4.69) is 15.9 Å². The first-order valence-corrected chi connectivity index (χ1v) is 4.56. The molecule has 0 heterocycles. The summed E-state index contributed by atoms with van der Waals surface area (Å²) >= 11 is 3.22. The number of hydrogen-bond donors (Lipinski definition) is 1. The van der Waals surface area contributed by atoms with Gasteiger partial charge in [0.05, 0.1) is 5.69 Å². The highest BCUT2D eigenvalue weighted by Crippen LogP contribution is 2.27. The maximum Gasteiger partial charge on any atom is 0.147 e. The van der Waals surface area contributed by atoms with Crippen molar-refractivity contribution in [3.63, 3.8) is 0 Å². The lowest BCUT2D eigenvalue weighted by molar-refractivity contribution is 0.628. The second-order valence-electron chi connectivity index (χ2n) is 3.05. The second kappa shape index (κ2) is 3.44. The highest BCUT2D eigenvalue weighted by Gasteiger charge is 2.09. The predicted molar refractivity (Wildman–Crippen MR) is 52.6 cm³/mol. The molecule has 0 saturated heterocycles. The van der Waals surface area contributed by atoms with E-state index in [4.69, 9.17) is 5.73 Å². The van der Waals surface area contributed by atoms with Crippen LogP contribution in [0.4, 0.5) is 10.1 Å². The van der Waals surface area contributed by atoms with E-state index in [-0.39, 0.29) is 17.4 Å². The largest absolute Gasteiger partial charge is 0.396 e. The van der Waals surface area contributed by atoms with E-state index >= 15 is 0 Å². The molecule has 3 heteroatoms. The summed E-state index contributed by atoms with van der Waals surface area (Å²) < 4.78 is 13.8. The van der Waals surface area contributed by atoms with Gasteiger partial charge in [0.1, 0.15) is 5.82 Å². The molecule has 0 atom stereocenters. The topological polar surface area (TPSA) is 26.0 Å². The Hall–Kier alpha value is -0.570. The molecule has 0 aliphatic rings. The Kier molecular flexibility index (Phi) is 2.73. The second-order valence-corrected chi connectivity index (χ2v) is 3.96. The van der Waals surface area contributed by atoms with Crippen LogP contribution >= 0.6 is 15.9 Å². The maximum atomic E-state index is 13.0. The van der Waals surface area contributed by atoms with Crippen molar-refractivity contribution in [3.05, 3.63) is 28.0 Å². The first-order valence-electron chi connectivity index (χ1n) is 3.76. The third-order valence-electron chi connectivity index (χ3n) is 1.75. The number of halogens is 2. The molecule has 0 unspecified atom stereocenters. The van der Waals surface area contributed by atoms with Gasteiger partial charge in [-0.2, -0.15) is 0 Å². The van der Waals surface area contributed by atoms with Crippen LogP contribution in [0.5, 0.6) is 0 Å². The number of hydrogen-bond acceptors (Lipinski definition) is 1. The van der Waals surface area contributed by atoms with Crippen LogP contribution in [0.25, 0.3) is 0 Å². The van der Waals surface area contributed by atoms with Gasteiger partial charge < -0.3 is 5.73 Å². The summed E-state index contributed by atoms with van der Waals surface area (Å²) in [6.45, 7) is 3.97. The molecule has 0 fully saturated rings. The van der Waals surface area contributed by atoms with Crippen molar-refractivity contribution in [2.75, 3.05) is 5.73 Å². The highest BCUT2D eigenvalue weighted by atomic mass is 79.9. The molecule has 1 nitrogen and oxygen atoms in total. The van der Waals surface area contributed by atoms with Crippen molar-refractivity contribution < 1.29 is 4.39 Å². The fourth-order valence-corrected chi connectivity index (χ4v) is 1.53. The number of nitrogens with two attached hydrogens (primary N) is 1. The van der Waals surface area contributed by atoms with Gasteiger partial charge in [-0.3, -0.25) is 0 Å². The molecule has 0 spiro atoms. The zero-order chi connectivity index (χ0) is 9.30. The number of nitrogen functional groups attached to an aromatic ring is 1. The summed E-state index contributed by atoms with van der Waals surface area (Å²) in [6, 6.07) is 3.23. The van der Waals surface area contributed by atoms with Crippen molar-refractivity contribution >= 4 is 21.6 Å². The van der Waals surface area contributed by atoms with Gasteiger partial charge in [0.2, 0.25) is 0 Å². The lowest BCUT2D eigenvalue weighted by Gasteiger charge is -2.10. The summed E-state index contributed by atoms with van der Waals surface area (Å²) in [5.41, 5.74) is 6.66. The van der Waals surface area contributed by atoms with Crippen LogP contribution in [0.3, 0.4) is 0 Å². The van der Waals surface area contributed by atoms with E-state index in [0.29, 0.717) is 0 Å². The van der Waals surface area contributed by atoms with E-state index in [1.165, 1.54) is 6.07 Å². The fourth-order valence-electron chi connectivity index (χ4n) is 1.08. The Morgan fingerprint density at radius 1 is 1.42 bits per heavy atom. The van der Waals surface area contributed by atoms with Gasteiger partial charge in [0.15, 0.2) is 0 Å². The van der Waals surface area contributed by atoms with Crippen molar-refractivity contribution in [3.8, 4) is 0 Å². The molecule has 1 aromatic rings. The normalized spacial score (nSPS) is 10.8. The number of benzene rings is 1. The average Bonchev–Trinajstić information content (AvgIpc) is 1.96. The van der Waals surface area contributed by atoms with E-state index in [9.17, 15) is 4.39 Å². The van der Waals surface area contributed by atoms with E-state index < -0.39 is 0 Å². The number of anilines is 1. The smallest absolute Gasteiger partial charge is 0.147 e. The van der Waals surface area contributed by atoms with Gasteiger partial charge in [0.25, 0.3) is 0 Å².